The predicted molar refractivity (Wildman–Crippen MR) is 68.2 cm³/mol. The van der Waals surface area contributed by atoms with Gasteiger partial charge in [0.2, 0.25) is 0 Å². The normalized spacial score (nSPS) is 23.6. The van der Waals surface area contributed by atoms with Crippen molar-refractivity contribution in [1.29, 1.82) is 0 Å². The van der Waals surface area contributed by atoms with Crippen LogP contribution in [0.15, 0.2) is 24.3 Å². The fourth-order valence-electron chi connectivity index (χ4n) is 2.81. The molecule has 4 heteroatoms. The lowest BCUT2D eigenvalue weighted by molar-refractivity contribution is -0.0757. The molecule has 2 heterocycles. The van der Waals surface area contributed by atoms with E-state index in [-0.39, 0.29) is 11.2 Å². The van der Waals surface area contributed by atoms with Gasteiger partial charge in [0.15, 0.2) is 0 Å². The first-order valence-corrected chi connectivity index (χ1v) is 6.55. The number of piperazine rings is 1. The number of ether oxygens (including phenoxy) is 1. The molecule has 0 aliphatic carbocycles. The molecule has 0 spiro atoms. The molecule has 1 N–H and O–H groups in total. The van der Waals surface area contributed by atoms with Gasteiger partial charge in [-0.25, -0.2) is 4.39 Å². The predicted octanol–water partition coefficient (Wildman–Crippen LogP) is 0.999. The first-order valence-electron chi connectivity index (χ1n) is 6.55. The van der Waals surface area contributed by atoms with Gasteiger partial charge < -0.3 is 10.1 Å². The van der Waals surface area contributed by atoms with Crippen molar-refractivity contribution in [3.8, 4) is 0 Å². The molecule has 18 heavy (non-hydrogen) atoms. The minimum atomic E-state index is -0.154. The smallest absolute Gasteiger partial charge is 0.123 e. The van der Waals surface area contributed by atoms with Crippen LogP contribution in [0.25, 0.3) is 0 Å². The second-order valence-electron chi connectivity index (χ2n) is 5.31. The van der Waals surface area contributed by atoms with Crippen molar-refractivity contribution in [3.05, 3.63) is 35.6 Å². The van der Waals surface area contributed by atoms with Gasteiger partial charge in [-0.2, -0.15) is 0 Å². The highest BCUT2D eigenvalue weighted by Gasteiger charge is 2.42. The summed E-state index contributed by atoms with van der Waals surface area (Å²) in [7, 11) is 0. The quantitative estimate of drug-likeness (QED) is 0.866. The Bertz CT molecular complexity index is 414. The van der Waals surface area contributed by atoms with Gasteiger partial charge in [-0.15, -0.1) is 0 Å². The van der Waals surface area contributed by atoms with Gasteiger partial charge in [-0.3, -0.25) is 4.90 Å². The summed E-state index contributed by atoms with van der Waals surface area (Å²) < 4.78 is 18.8. The molecule has 2 fully saturated rings. The Labute approximate surface area is 107 Å². The highest BCUT2D eigenvalue weighted by Crippen LogP contribution is 2.33. The molecule has 0 aromatic heterocycles. The van der Waals surface area contributed by atoms with E-state index in [0.29, 0.717) is 13.2 Å². The van der Waals surface area contributed by atoms with E-state index in [9.17, 15) is 4.39 Å². The first-order chi connectivity index (χ1) is 8.78. The monoisotopic (exact) mass is 250 g/mol. The fraction of sp³-hybridized carbons (Fsp3) is 0.571. The first kappa shape index (κ1) is 12.1. The lowest BCUT2D eigenvalue weighted by atomic mass is 9.78. The van der Waals surface area contributed by atoms with Crippen LogP contribution >= 0.6 is 0 Å². The van der Waals surface area contributed by atoms with Gasteiger partial charge in [0, 0.05) is 32.7 Å². The number of nitrogens with zero attached hydrogens (tertiary/aromatic N) is 1. The standard InChI is InChI=1S/C14H19FN2O/c15-13-3-1-2-12(8-13)14(10-18-11-14)9-17-6-4-16-5-7-17/h1-3,8,16H,4-7,9-11H2. The second kappa shape index (κ2) is 4.96. The van der Waals surface area contributed by atoms with Crippen LogP contribution < -0.4 is 5.32 Å². The van der Waals surface area contributed by atoms with Crippen LogP contribution in [-0.2, 0) is 10.2 Å². The van der Waals surface area contributed by atoms with Crippen LogP contribution in [0.3, 0.4) is 0 Å². The maximum Gasteiger partial charge on any atom is 0.123 e. The third-order valence-electron chi connectivity index (χ3n) is 3.93. The third-order valence-corrected chi connectivity index (χ3v) is 3.93. The molecule has 2 aliphatic heterocycles. The number of nitrogens with one attached hydrogen (secondary N) is 1. The summed E-state index contributed by atoms with van der Waals surface area (Å²) in [5, 5.41) is 3.35. The van der Waals surface area contributed by atoms with Gasteiger partial charge in [0.25, 0.3) is 0 Å². The Hall–Kier alpha value is -0.970. The summed E-state index contributed by atoms with van der Waals surface area (Å²) in [6.45, 7) is 6.60. The van der Waals surface area contributed by atoms with E-state index in [2.05, 4.69) is 10.2 Å². The van der Waals surface area contributed by atoms with Crippen LogP contribution in [0.2, 0.25) is 0 Å². The molecular formula is C14H19FN2O. The van der Waals surface area contributed by atoms with Crippen molar-refractivity contribution in [3.63, 3.8) is 0 Å². The van der Waals surface area contributed by atoms with Crippen LogP contribution in [0.5, 0.6) is 0 Å². The molecule has 0 radical (unpaired) electrons. The van der Waals surface area contributed by atoms with E-state index in [4.69, 9.17) is 4.74 Å². The third kappa shape index (κ3) is 2.28. The van der Waals surface area contributed by atoms with E-state index in [1.54, 1.807) is 12.1 Å². The lowest BCUT2D eigenvalue weighted by Gasteiger charge is -2.46. The Morgan fingerprint density at radius 2 is 2.06 bits per heavy atom. The zero-order valence-corrected chi connectivity index (χ0v) is 10.5. The Kier molecular flexibility index (Phi) is 3.33. The number of halogens is 1. The van der Waals surface area contributed by atoms with Crippen molar-refractivity contribution in [2.75, 3.05) is 45.9 Å². The SMILES string of the molecule is Fc1cccc(C2(CN3CCNCC3)COC2)c1. The van der Waals surface area contributed by atoms with Crippen LogP contribution in [0.1, 0.15) is 5.56 Å². The summed E-state index contributed by atoms with van der Waals surface area (Å²) >= 11 is 0. The van der Waals surface area contributed by atoms with Crippen LogP contribution in [-0.4, -0.2) is 50.8 Å². The van der Waals surface area contributed by atoms with E-state index in [1.807, 2.05) is 6.07 Å². The molecule has 2 saturated heterocycles. The summed E-state index contributed by atoms with van der Waals surface area (Å²) in [5.74, 6) is -0.154. The maximum atomic E-state index is 13.4. The molecule has 0 atom stereocenters. The van der Waals surface area contributed by atoms with E-state index >= 15 is 0 Å². The molecular weight excluding hydrogens is 231 g/mol. The second-order valence-corrected chi connectivity index (χ2v) is 5.31. The molecule has 2 aliphatic rings. The van der Waals surface area contributed by atoms with Crippen molar-refractivity contribution >= 4 is 0 Å². The van der Waals surface area contributed by atoms with Crippen molar-refractivity contribution in [1.82, 2.24) is 10.2 Å². The lowest BCUT2D eigenvalue weighted by Crippen LogP contribution is -2.57. The number of hydrogen-bond donors (Lipinski definition) is 1. The average molecular weight is 250 g/mol. The zero-order valence-electron chi connectivity index (χ0n) is 10.5. The maximum absolute atomic E-state index is 13.4. The van der Waals surface area contributed by atoms with E-state index in [1.165, 1.54) is 6.07 Å². The molecule has 98 valence electrons. The van der Waals surface area contributed by atoms with Gasteiger partial charge in [-0.05, 0) is 17.7 Å². The minimum absolute atomic E-state index is 0.000556. The van der Waals surface area contributed by atoms with Gasteiger partial charge in [0.1, 0.15) is 5.82 Å². The largest absolute Gasteiger partial charge is 0.379 e. The Morgan fingerprint density at radius 1 is 1.28 bits per heavy atom. The average Bonchev–Trinajstić information content (AvgIpc) is 2.35. The molecule has 0 bridgehead atoms. The molecule has 0 amide bonds. The van der Waals surface area contributed by atoms with Crippen LogP contribution in [0.4, 0.5) is 4.39 Å². The summed E-state index contributed by atoms with van der Waals surface area (Å²) in [6, 6.07) is 6.97. The number of benzene rings is 1. The van der Waals surface area contributed by atoms with Gasteiger partial charge in [0.05, 0.1) is 18.6 Å². The Morgan fingerprint density at radius 3 is 2.67 bits per heavy atom. The van der Waals surface area contributed by atoms with E-state index < -0.39 is 0 Å². The molecule has 3 nitrogen and oxygen atoms in total. The Balaban J connectivity index is 1.77. The van der Waals surface area contributed by atoms with E-state index in [0.717, 1.165) is 38.3 Å². The summed E-state index contributed by atoms with van der Waals surface area (Å²) in [5.41, 5.74) is 1.08. The highest BCUT2D eigenvalue weighted by molar-refractivity contribution is 5.29. The topological polar surface area (TPSA) is 24.5 Å². The van der Waals surface area contributed by atoms with Crippen molar-refractivity contribution in [2.24, 2.45) is 0 Å². The fourth-order valence-corrected chi connectivity index (χ4v) is 2.81. The molecule has 0 saturated carbocycles. The molecule has 3 rings (SSSR count). The van der Waals surface area contributed by atoms with Crippen molar-refractivity contribution in [2.45, 2.75) is 5.41 Å². The van der Waals surface area contributed by atoms with Crippen molar-refractivity contribution < 1.29 is 9.13 Å². The highest BCUT2D eigenvalue weighted by atomic mass is 19.1. The zero-order chi connectivity index (χ0) is 12.4. The van der Waals surface area contributed by atoms with Gasteiger partial charge >= 0.3 is 0 Å². The molecule has 0 unspecified atom stereocenters. The summed E-state index contributed by atoms with van der Waals surface area (Å²) in [4.78, 5) is 2.45. The number of rotatable bonds is 3. The number of hydrogen-bond acceptors (Lipinski definition) is 3. The summed E-state index contributed by atoms with van der Waals surface area (Å²) in [6.07, 6.45) is 0. The molecule has 1 aromatic rings. The van der Waals surface area contributed by atoms with Gasteiger partial charge in [-0.1, -0.05) is 12.1 Å². The molecule has 1 aromatic carbocycles. The minimum Gasteiger partial charge on any atom is -0.379 e. The van der Waals surface area contributed by atoms with Crippen LogP contribution in [0, 0.1) is 5.82 Å².